The molecule has 0 unspecified atom stereocenters. The van der Waals surface area contributed by atoms with E-state index in [0.717, 1.165) is 11.5 Å². The Balaban J connectivity index is 1.76. The normalized spacial score (nSPS) is 11.3. The highest BCUT2D eigenvalue weighted by atomic mass is 32.2. The van der Waals surface area contributed by atoms with E-state index < -0.39 is 9.84 Å². The summed E-state index contributed by atoms with van der Waals surface area (Å²) in [5, 5.41) is 6.49. The number of amides is 1. The van der Waals surface area contributed by atoms with Crippen molar-refractivity contribution in [3.05, 3.63) is 47.9 Å². The van der Waals surface area contributed by atoms with Gasteiger partial charge in [-0.25, -0.2) is 8.42 Å². The maximum Gasteiger partial charge on any atom is 0.221 e. The molecule has 118 valence electrons. The summed E-state index contributed by atoms with van der Waals surface area (Å²) >= 11 is 0. The molecule has 0 atom stereocenters. The first-order chi connectivity index (χ1) is 10.5. The van der Waals surface area contributed by atoms with Gasteiger partial charge in [-0.2, -0.15) is 0 Å². The van der Waals surface area contributed by atoms with Crippen molar-refractivity contribution < 1.29 is 17.7 Å². The predicted octanol–water partition coefficient (Wildman–Crippen LogP) is 1.51. The van der Waals surface area contributed by atoms with Crippen LogP contribution in [0.3, 0.4) is 0 Å². The summed E-state index contributed by atoms with van der Waals surface area (Å²) in [7, 11) is -3.42. The van der Waals surface area contributed by atoms with E-state index in [1.165, 1.54) is 12.1 Å². The van der Waals surface area contributed by atoms with E-state index in [-0.39, 0.29) is 23.0 Å². The first-order valence-corrected chi connectivity index (χ1v) is 8.59. The highest BCUT2D eigenvalue weighted by molar-refractivity contribution is 7.91. The largest absolute Gasteiger partial charge is 0.361 e. The Morgan fingerprint density at radius 2 is 2.00 bits per heavy atom. The zero-order valence-corrected chi connectivity index (χ0v) is 13.1. The van der Waals surface area contributed by atoms with E-state index in [9.17, 15) is 13.2 Å². The van der Waals surface area contributed by atoms with Gasteiger partial charge in [-0.1, -0.05) is 23.4 Å². The molecule has 0 aliphatic heterocycles. The zero-order valence-electron chi connectivity index (χ0n) is 12.3. The lowest BCUT2D eigenvalue weighted by Gasteiger charge is -2.05. The summed E-state index contributed by atoms with van der Waals surface area (Å²) in [6, 6.07) is 9.92. The summed E-state index contributed by atoms with van der Waals surface area (Å²) < 4.78 is 29.0. The molecule has 22 heavy (non-hydrogen) atoms. The van der Waals surface area contributed by atoms with Gasteiger partial charge in [-0.3, -0.25) is 4.79 Å². The van der Waals surface area contributed by atoms with Crippen molar-refractivity contribution in [3.63, 3.8) is 0 Å². The first-order valence-electron chi connectivity index (χ1n) is 6.94. The Morgan fingerprint density at radius 3 is 2.64 bits per heavy atom. The molecule has 7 heteroatoms. The lowest BCUT2D eigenvalue weighted by atomic mass is 10.3. The fourth-order valence-corrected chi connectivity index (χ4v) is 3.19. The third-order valence-electron chi connectivity index (χ3n) is 3.08. The van der Waals surface area contributed by atoms with Crippen LogP contribution in [0.5, 0.6) is 0 Å². The quantitative estimate of drug-likeness (QED) is 0.834. The third-order valence-corrected chi connectivity index (χ3v) is 4.81. The molecule has 1 heterocycles. The monoisotopic (exact) mass is 322 g/mol. The minimum Gasteiger partial charge on any atom is -0.361 e. The number of rotatable bonds is 7. The topological polar surface area (TPSA) is 89.3 Å². The molecule has 0 saturated heterocycles. The standard InChI is InChI=1S/C15H18N2O4S/c1-12-11-13(17-21-12)7-9-16-15(18)8-10-22(19,20)14-5-3-2-4-6-14/h2-6,11H,7-10H2,1H3,(H,16,18). The van der Waals surface area contributed by atoms with Crippen LogP contribution in [0, 0.1) is 6.92 Å². The van der Waals surface area contributed by atoms with Crippen LogP contribution >= 0.6 is 0 Å². The van der Waals surface area contributed by atoms with Crippen LogP contribution < -0.4 is 5.32 Å². The second-order valence-corrected chi connectivity index (χ2v) is 7.02. The Hall–Kier alpha value is -2.15. The average Bonchev–Trinajstić information content (AvgIpc) is 2.92. The Labute approximate surface area is 129 Å². The fourth-order valence-electron chi connectivity index (χ4n) is 1.93. The van der Waals surface area contributed by atoms with E-state index in [1.54, 1.807) is 31.2 Å². The molecule has 6 nitrogen and oxygen atoms in total. The average molecular weight is 322 g/mol. The molecule has 0 fully saturated rings. The van der Waals surface area contributed by atoms with Gasteiger partial charge in [-0.05, 0) is 19.1 Å². The predicted molar refractivity (Wildman–Crippen MR) is 81.1 cm³/mol. The summed E-state index contributed by atoms with van der Waals surface area (Å²) in [4.78, 5) is 11.9. The number of carbonyl (C=O) groups is 1. The highest BCUT2D eigenvalue weighted by Crippen LogP contribution is 2.11. The van der Waals surface area contributed by atoms with Crippen LogP contribution in [-0.4, -0.2) is 31.8 Å². The van der Waals surface area contributed by atoms with Gasteiger partial charge in [0.1, 0.15) is 5.76 Å². The van der Waals surface area contributed by atoms with Crippen molar-refractivity contribution in [2.75, 3.05) is 12.3 Å². The first kappa shape index (κ1) is 16.2. The van der Waals surface area contributed by atoms with Gasteiger partial charge in [0.25, 0.3) is 0 Å². The van der Waals surface area contributed by atoms with Crippen molar-refractivity contribution >= 4 is 15.7 Å². The second-order valence-electron chi connectivity index (χ2n) is 4.91. The number of aryl methyl sites for hydroxylation is 1. The van der Waals surface area contributed by atoms with Gasteiger partial charge in [-0.15, -0.1) is 0 Å². The highest BCUT2D eigenvalue weighted by Gasteiger charge is 2.15. The number of carbonyl (C=O) groups excluding carboxylic acids is 1. The van der Waals surface area contributed by atoms with E-state index >= 15 is 0 Å². The molecule has 0 radical (unpaired) electrons. The van der Waals surface area contributed by atoms with E-state index in [0.29, 0.717) is 13.0 Å². The van der Waals surface area contributed by atoms with Crippen molar-refractivity contribution in [1.82, 2.24) is 10.5 Å². The SMILES string of the molecule is Cc1cc(CCNC(=O)CCS(=O)(=O)c2ccccc2)no1. The molecule has 0 aliphatic rings. The van der Waals surface area contributed by atoms with Gasteiger partial charge in [0.2, 0.25) is 5.91 Å². The van der Waals surface area contributed by atoms with Gasteiger partial charge >= 0.3 is 0 Å². The van der Waals surface area contributed by atoms with Crippen molar-refractivity contribution in [1.29, 1.82) is 0 Å². The molecule has 0 saturated carbocycles. The van der Waals surface area contributed by atoms with E-state index in [1.807, 2.05) is 0 Å². The molecule has 0 aliphatic carbocycles. The maximum absolute atomic E-state index is 12.0. The Bertz CT molecular complexity index is 723. The molecule has 2 rings (SSSR count). The molecule has 1 N–H and O–H groups in total. The number of benzene rings is 1. The van der Waals surface area contributed by atoms with Crippen LogP contribution in [-0.2, 0) is 21.1 Å². The van der Waals surface area contributed by atoms with Gasteiger partial charge in [0.15, 0.2) is 9.84 Å². The third kappa shape index (κ3) is 4.70. The molecule has 1 aromatic carbocycles. The summed E-state index contributed by atoms with van der Waals surface area (Å²) in [6.07, 6.45) is 0.490. The van der Waals surface area contributed by atoms with Crippen LogP contribution in [0.4, 0.5) is 0 Å². The molecule has 1 aromatic heterocycles. The minimum absolute atomic E-state index is 0.0604. The Kier molecular flexibility index (Phi) is 5.32. The maximum atomic E-state index is 12.0. The molecular weight excluding hydrogens is 304 g/mol. The van der Waals surface area contributed by atoms with Crippen molar-refractivity contribution in [2.45, 2.75) is 24.7 Å². The Morgan fingerprint density at radius 1 is 1.27 bits per heavy atom. The van der Waals surface area contributed by atoms with E-state index in [2.05, 4.69) is 10.5 Å². The second kappa shape index (κ2) is 7.22. The van der Waals surface area contributed by atoms with Crippen LogP contribution in [0.1, 0.15) is 17.9 Å². The number of sulfone groups is 1. The summed E-state index contributed by atoms with van der Waals surface area (Å²) in [5.74, 6) is 0.223. The molecular formula is C15H18N2O4S. The molecule has 1 amide bonds. The molecule has 0 spiro atoms. The molecule has 2 aromatic rings. The van der Waals surface area contributed by atoms with Gasteiger partial charge in [0, 0.05) is 25.5 Å². The van der Waals surface area contributed by atoms with E-state index in [4.69, 9.17) is 4.52 Å². The summed E-state index contributed by atoms with van der Waals surface area (Å²) in [6.45, 7) is 2.19. The van der Waals surface area contributed by atoms with Crippen LogP contribution in [0.2, 0.25) is 0 Å². The smallest absolute Gasteiger partial charge is 0.221 e. The number of hydrogen-bond acceptors (Lipinski definition) is 5. The lowest BCUT2D eigenvalue weighted by Crippen LogP contribution is -2.27. The van der Waals surface area contributed by atoms with Crippen LogP contribution in [0.15, 0.2) is 45.8 Å². The summed E-state index contributed by atoms with van der Waals surface area (Å²) in [5.41, 5.74) is 0.759. The van der Waals surface area contributed by atoms with Gasteiger partial charge in [0.05, 0.1) is 16.3 Å². The lowest BCUT2D eigenvalue weighted by molar-refractivity contribution is -0.120. The molecule has 0 bridgehead atoms. The fraction of sp³-hybridized carbons (Fsp3) is 0.333. The minimum atomic E-state index is -3.42. The van der Waals surface area contributed by atoms with Crippen LogP contribution in [0.25, 0.3) is 0 Å². The number of hydrogen-bond donors (Lipinski definition) is 1. The number of nitrogens with one attached hydrogen (secondary N) is 1. The van der Waals surface area contributed by atoms with Crippen molar-refractivity contribution in [3.8, 4) is 0 Å². The van der Waals surface area contributed by atoms with Gasteiger partial charge < -0.3 is 9.84 Å². The van der Waals surface area contributed by atoms with Crippen molar-refractivity contribution in [2.24, 2.45) is 0 Å². The number of nitrogens with zero attached hydrogens (tertiary/aromatic N) is 1. The number of aromatic nitrogens is 1. The zero-order chi connectivity index (χ0) is 16.0.